The molecule has 1 fully saturated rings. The first kappa shape index (κ1) is 16.5. The molecule has 1 aliphatic heterocycles. The first-order valence-electron chi connectivity index (χ1n) is 8.26. The predicted octanol–water partition coefficient (Wildman–Crippen LogP) is 2.68. The Hall–Kier alpha value is -1.84. The topological polar surface area (TPSA) is 40.6 Å². The average Bonchev–Trinajstić information content (AvgIpc) is 2.92. The summed E-state index contributed by atoms with van der Waals surface area (Å²) < 4.78 is 0. The summed E-state index contributed by atoms with van der Waals surface area (Å²) in [5, 5.41) is 0. The smallest absolute Gasteiger partial charge is 0.228 e. The van der Waals surface area contributed by atoms with Crippen molar-refractivity contribution in [2.24, 2.45) is 5.92 Å². The van der Waals surface area contributed by atoms with Crippen molar-refractivity contribution in [3.05, 3.63) is 35.9 Å². The molecule has 4 heteroatoms. The molecule has 0 aliphatic carbocycles. The monoisotopic (exact) mass is 302 g/mol. The molecule has 0 aromatic heterocycles. The van der Waals surface area contributed by atoms with Crippen LogP contribution in [0.15, 0.2) is 30.3 Å². The molecule has 4 nitrogen and oxygen atoms in total. The molecule has 1 unspecified atom stereocenters. The van der Waals surface area contributed by atoms with Gasteiger partial charge in [-0.3, -0.25) is 9.59 Å². The summed E-state index contributed by atoms with van der Waals surface area (Å²) in [5.74, 6) is 0.0642. The minimum absolute atomic E-state index is 0.110. The molecule has 120 valence electrons. The van der Waals surface area contributed by atoms with Gasteiger partial charge in [0.2, 0.25) is 11.8 Å². The lowest BCUT2D eigenvalue weighted by Crippen LogP contribution is -2.37. The molecule has 1 aromatic carbocycles. The second kappa shape index (κ2) is 7.97. The number of hydrogen-bond donors (Lipinski definition) is 0. The first-order chi connectivity index (χ1) is 10.7. The normalized spacial score (nSPS) is 17.8. The van der Waals surface area contributed by atoms with Gasteiger partial charge >= 0.3 is 0 Å². The van der Waals surface area contributed by atoms with Gasteiger partial charge in [-0.15, -0.1) is 0 Å². The zero-order chi connectivity index (χ0) is 15.9. The molecular formula is C18H26N2O2. The standard InChI is InChI=1S/C18H26N2O2/c1-3-5-11-20-14-16(12-17(20)21)18(22)19(4-2)13-15-9-7-6-8-10-15/h6-10,16H,3-5,11-14H2,1-2H3. The van der Waals surface area contributed by atoms with Gasteiger partial charge < -0.3 is 9.80 Å². The van der Waals surface area contributed by atoms with Crippen LogP contribution in [-0.4, -0.2) is 41.2 Å². The van der Waals surface area contributed by atoms with Crippen molar-refractivity contribution >= 4 is 11.8 Å². The molecule has 1 aliphatic rings. The molecule has 1 heterocycles. The van der Waals surface area contributed by atoms with E-state index in [9.17, 15) is 9.59 Å². The molecule has 1 saturated heterocycles. The van der Waals surface area contributed by atoms with Gasteiger partial charge in [-0.05, 0) is 18.9 Å². The number of hydrogen-bond acceptors (Lipinski definition) is 2. The first-order valence-corrected chi connectivity index (χ1v) is 8.26. The number of rotatable bonds is 7. The maximum absolute atomic E-state index is 12.7. The Labute approximate surface area is 133 Å². The van der Waals surface area contributed by atoms with Crippen LogP contribution in [0.3, 0.4) is 0 Å². The molecule has 2 rings (SSSR count). The van der Waals surface area contributed by atoms with Gasteiger partial charge in [-0.25, -0.2) is 0 Å². The quantitative estimate of drug-likeness (QED) is 0.777. The average molecular weight is 302 g/mol. The van der Waals surface area contributed by atoms with E-state index in [-0.39, 0.29) is 17.7 Å². The fourth-order valence-electron chi connectivity index (χ4n) is 2.91. The van der Waals surface area contributed by atoms with Crippen LogP contribution in [0.4, 0.5) is 0 Å². The number of benzene rings is 1. The third kappa shape index (κ3) is 4.09. The molecule has 0 spiro atoms. The van der Waals surface area contributed by atoms with E-state index in [1.54, 1.807) is 0 Å². The minimum Gasteiger partial charge on any atom is -0.342 e. The van der Waals surface area contributed by atoms with Crippen molar-refractivity contribution in [3.63, 3.8) is 0 Å². The summed E-state index contributed by atoms with van der Waals surface area (Å²) in [6.45, 7) is 6.77. The Morgan fingerprint density at radius 3 is 2.64 bits per heavy atom. The van der Waals surface area contributed by atoms with E-state index < -0.39 is 0 Å². The lowest BCUT2D eigenvalue weighted by Gasteiger charge is -2.24. The van der Waals surface area contributed by atoms with Crippen LogP contribution in [-0.2, 0) is 16.1 Å². The van der Waals surface area contributed by atoms with E-state index >= 15 is 0 Å². The van der Waals surface area contributed by atoms with Crippen LogP contribution in [0.1, 0.15) is 38.7 Å². The van der Waals surface area contributed by atoms with Crippen molar-refractivity contribution in [1.29, 1.82) is 0 Å². The Morgan fingerprint density at radius 1 is 1.27 bits per heavy atom. The van der Waals surface area contributed by atoms with E-state index in [1.165, 1.54) is 0 Å². The van der Waals surface area contributed by atoms with Gasteiger partial charge in [0, 0.05) is 32.6 Å². The Kier molecular flexibility index (Phi) is 5.99. The predicted molar refractivity (Wildman–Crippen MR) is 87.1 cm³/mol. The number of nitrogens with zero attached hydrogens (tertiary/aromatic N) is 2. The van der Waals surface area contributed by atoms with Crippen molar-refractivity contribution in [1.82, 2.24) is 9.80 Å². The highest BCUT2D eigenvalue weighted by atomic mass is 16.2. The van der Waals surface area contributed by atoms with Gasteiger partial charge in [-0.2, -0.15) is 0 Å². The Balaban J connectivity index is 1.96. The van der Waals surface area contributed by atoms with Crippen molar-refractivity contribution in [3.8, 4) is 0 Å². The van der Waals surface area contributed by atoms with Gasteiger partial charge in [-0.1, -0.05) is 43.7 Å². The third-order valence-electron chi connectivity index (χ3n) is 4.25. The van der Waals surface area contributed by atoms with Crippen molar-refractivity contribution in [2.45, 2.75) is 39.7 Å². The largest absolute Gasteiger partial charge is 0.342 e. The number of amides is 2. The fraction of sp³-hybridized carbons (Fsp3) is 0.556. The maximum Gasteiger partial charge on any atom is 0.228 e. The summed E-state index contributed by atoms with van der Waals surface area (Å²) in [6.07, 6.45) is 2.44. The van der Waals surface area contributed by atoms with Crippen molar-refractivity contribution in [2.75, 3.05) is 19.6 Å². The maximum atomic E-state index is 12.7. The molecule has 0 radical (unpaired) electrons. The van der Waals surface area contributed by atoms with Crippen LogP contribution in [0.25, 0.3) is 0 Å². The summed E-state index contributed by atoms with van der Waals surface area (Å²) in [4.78, 5) is 28.4. The molecular weight excluding hydrogens is 276 g/mol. The zero-order valence-electron chi connectivity index (χ0n) is 13.6. The summed E-state index contributed by atoms with van der Waals surface area (Å²) in [6, 6.07) is 10.0. The molecule has 1 aromatic rings. The Morgan fingerprint density at radius 2 is 2.00 bits per heavy atom. The highest BCUT2D eigenvalue weighted by Crippen LogP contribution is 2.21. The molecule has 2 amide bonds. The van der Waals surface area contributed by atoms with Gasteiger partial charge in [0.1, 0.15) is 0 Å². The Bertz CT molecular complexity index is 501. The van der Waals surface area contributed by atoms with Gasteiger partial charge in [0.25, 0.3) is 0 Å². The number of likely N-dealkylation sites (tertiary alicyclic amines) is 1. The molecule has 0 bridgehead atoms. The second-order valence-electron chi connectivity index (χ2n) is 5.93. The number of carbonyl (C=O) groups excluding carboxylic acids is 2. The SMILES string of the molecule is CCCCN1CC(C(=O)N(CC)Cc2ccccc2)CC1=O. The molecule has 22 heavy (non-hydrogen) atoms. The van der Waals surface area contributed by atoms with Crippen LogP contribution in [0.2, 0.25) is 0 Å². The van der Waals surface area contributed by atoms with E-state index in [1.807, 2.05) is 47.1 Å². The summed E-state index contributed by atoms with van der Waals surface area (Å²) in [7, 11) is 0. The molecule has 0 saturated carbocycles. The highest BCUT2D eigenvalue weighted by molar-refractivity contribution is 5.89. The summed E-state index contributed by atoms with van der Waals surface area (Å²) in [5.41, 5.74) is 1.13. The van der Waals surface area contributed by atoms with Gasteiger partial charge in [0.15, 0.2) is 0 Å². The van der Waals surface area contributed by atoms with E-state index in [2.05, 4.69) is 6.92 Å². The molecule has 1 atom stereocenters. The lowest BCUT2D eigenvalue weighted by atomic mass is 10.1. The van der Waals surface area contributed by atoms with Crippen LogP contribution in [0.5, 0.6) is 0 Å². The lowest BCUT2D eigenvalue weighted by molar-refractivity contribution is -0.136. The van der Waals surface area contributed by atoms with Crippen molar-refractivity contribution < 1.29 is 9.59 Å². The fourth-order valence-corrected chi connectivity index (χ4v) is 2.91. The minimum atomic E-state index is -0.173. The second-order valence-corrected chi connectivity index (χ2v) is 5.93. The van der Waals surface area contributed by atoms with Crippen LogP contribution < -0.4 is 0 Å². The number of unbranched alkanes of at least 4 members (excludes halogenated alkanes) is 1. The number of carbonyl (C=O) groups is 2. The molecule has 0 N–H and O–H groups in total. The van der Waals surface area contributed by atoms with E-state index in [0.717, 1.165) is 24.9 Å². The zero-order valence-corrected chi connectivity index (χ0v) is 13.6. The summed E-state index contributed by atoms with van der Waals surface area (Å²) >= 11 is 0. The van der Waals surface area contributed by atoms with E-state index in [0.29, 0.717) is 26.1 Å². The third-order valence-corrected chi connectivity index (χ3v) is 4.25. The van der Waals surface area contributed by atoms with Crippen LogP contribution >= 0.6 is 0 Å². The van der Waals surface area contributed by atoms with E-state index in [4.69, 9.17) is 0 Å². The highest BCUT2D eigenvalue weighted by Gasteiger charge is 2.35. The van der Waals surface area contributed by atoms with Gasteiger partial charge in [0.05, 0.1) is 5.92 Å². The van der Waals surface area contributed by atoms with Crippen LogP contribution in [0, 0.1) is 5.92 Å².